The molecular formula is C16H16F3N. The lowest BCUT2D eigenvalue weighted by Crippen LogP contribution is -2.41. The van der Waals surface area contributed by atoms with Gasteiger partial charge < -0.3 is 5.73 Å². The number of benzene rings is 2. The van der Waals surface area contributed by atoms with Crippen molar-refractivity contribution in [2.45, 2.75) is 25.3 Å². The normalized spacial score (nSPS) is 14.1. The first-order chi connectivity index (χ1) is 9.35. The number of halogens is 3. The van der Waals surface area contributed by atoms with Gasteiger partial charge in [-0.3, -0.25) is 0 Å². The van der Waals surface area contributed by atoms with E-state index in [1.807, 2.05) is 0 Å². The molecule has 4 heteroatoms. The Labute approximate surface area is 116 Å². The molecule has 1 atom stereocenters. The van der Waals surface area contributed by atoms with Crippen LogP contribution in [0.25, 0.3) is 0 Å². The highest BCUT2D eigenvalue weighted by Gasteiger charge is 2.22. The van der Waals surface area contributed by atoms with E-state index in [2.05, 4.69) is 0 Å². The summed E-state index contributed by atoms with van der Waals surface area (Å²) in [4.78, 5) is 0. The van der Waals surface area contributed by atoms with E-state index in [0.717, 1.165) is 11.6 Å². The van der Waals surface area contributed by atoms with E-state index in [4.69, 9.17) is 5.73 Å². The summed E-state index contributed by atoms with van der Waals surface area (Å²) in [6, 6.07) is 9.59. The zero-order chi connectivity index (χ0) is 14.8. The smallest absolute Gasteiger partial charge is 0.129 e. The Balaban J connectivity index is 2.14. The molecule has 0 aliphatic carbocycles. The average Bonchev–Trinajstić information content (AvgIpc) is 2.32. The van der Waals surface area contributed by atoms with Gasteiger partial charge in [-0.1, -0.05) is 18.2 Å². The summed E-state index contributed by atoms with van der Waals surface area (Å²) >= 11 is 0. The third kappa shape index (κ3) is 3.84. The lowest BCUT2D eigenvalue weighted by atomic mass is 9.87. The summed E-state index contributed by atoms with van der Waals surface area (Å²) in [5.41, 5.74) is 6.51. The van der Waals surface area contributed by atoms with E-state index in [0.29, 0.717) is 12.0 Å². The van der Waals surface area contributed by atoms with Gasteiger partial charge >= 0.3 is 0 Å². The number of hydrogen-bond acceptors (Lipinski definition) is 1. The minimum Gasteiger partial charge on any atom is -0.325 e. The lowest BCUT2D eigenvalue weighted by Gasteiger charge is -2.25. The fourth-order valence-corrected chi connectivity index (χ4v) is 2.28. The van der Waals surface area contributed by atoms with E-state index >= 15 is 0 Å². The van der Waals surface area contributed by atoms with Crippen LogP contribution in [0.2, 0.25) is 0 Å². The second kappa shape index (κ2) is 5.67. The molecule has 0 amide bonds. The van der Waals surface area contributed by atoms with Crippen molar-refractivity contribution in [2.24, 2.45) is 5.73 Å². The van der Waals surface area contributed by atoms with Gasteiger partial charge in [0, 0.05) is 11.6 Å². The molecule has 0 saturated heterocycles. The highest BCUT2D eigenvalue weighted by Crippen LogP contribution is 2.19. The maximum absolute atomic E-state index is 13.6. The SMILES string of the molecule is CC(N)(Cc1cccc(F)c1)Cc1ccc(F)cc1F. The third-order valence-electron chi connectivity index (χ3n) is 3.11. The number of rotatable bonds is 4. The predicted octanol–water partition coefficient (Wildman–Crippen LogP) is 3.61. The highest BCUT2D eigenvalue weighted by molar-refractivity contribution is 5.24. The first-order valence-electron chi connectivity index (χ1n) is 6.33. The first-order valence-corrected chi connectivity index (χ1v) is 6.33. The second-order valence-electron chi connectivity index (χ2n) is 5.37. The zero-order valence-corrected chi connectivity index (χ0v) is 11.2. The average molecular weight is 279 g/mol. The van der Waals surface area contributed by atoms with Gasteiger partial charge in [0.25, 0.3) is 0 Å². The fraction of sp³-hybridized carbons (Fsp3) is 0.250. The molecule has 106 valence electrons. The molecule has 0 aromatic heterocycles. The van der Waals surface area contributed by atoms with E-state index < -0.39 is 17.2 Å². The van der Waals surface area contributed by atoms with Crippen molar-refractivity contribution in [1.29, 1.82) is 0 Å². The Morgan fingerprint density at radius 2 is 1.65 bits per heavy atom. The van der Waals surface area contributed by atoms with Gasteiger partial charge in [-0.05, 0) is 49.1 Å². The topological polar surface area (TPSA) is 26.0 Å². The van der Waals surface area contributed by atoms with Crippen LogP contribution in [0.1, 0.15) is 18.1 Å². The minimum atomic E-state index is -0.744. The van der Waals surface area contributed by atoms with Crippen molar-refractivity contribution >= 4 is 0 Å². The molecule has 1 unspecified atom stereocenters. The van der Waals surface area contributed by atoms with Crippen molar-refractivity contribution in [3.05, 3.63) is 71.0 Å². The molecule has 0 heterocycles. The van der Waals surface area contributed by atoms with Crippen LogP contribution in [0, 0.1) is 17.5 Å². The van der Waals surface area contributed by atoms with Crippen LogP contribution in [-0.4, -0.2) is 5.54 Å². The molecule has 0 aliphatic rings. The Kier molecular flexibility index (Phi) is 4.14. The highest BCUT2D eigenvalue weighted by atomic mass is 19.1. The maximum Gasteiger partial charge on any atom is 0.129 e. The van der Waals surface area contributed by atoms with Gasteiger partial charge in [-0.15, -0.1) is 0 Å². The largest absolute Gasteiger partial charge is 0.325 e. The van der Waals surface area contributed by atoms with E-state index in [1.54, 1.807) is 19.1 Å². The van der Waals surface area contributed by atoms with Gasteiger partial charge in [0.05, 0.1) is 0 Å². The van der Waals surface area contributed by atoms with Crippen molar-refractivity contribution in [3.63, 3.8) is 0 Å². The number of nitrogens with two attached hydrogens (primary N) is 1. The Morgan fingerprint density at radius 1 is 0.950 bits per heavy atom. The first kappa shape index (κ1) is 14.6. The van der Waals surface area contributed by atoms with Crippen LogP contribution in [0.4, 0.5) is 13.2 Å². The van der Waals surface area contributed by atoms with Crippen molar-refractivity contribution < 1.29 is 13.2 Å². The van der Waals surface area contributed by atoms with E-state index in [-0.39, 0.29) is 12.2 Å². The van der Waals surface area contributed by atoms with Crippen LogP contribution < -0.4 is 5.73 Å². The van der Waals surface area contributed by atoms with Crippen LogP contribution in [-0.2, 0) is 12.8 Å². The summed E-state index contributed by atoms with van der Waals surface area (Å²) in [5, 5.41) is 0. The molecule has 0 spiro atoms. The Hall–Kier alpha value is -1.81. The zero-order valence-electron chi connectivity index (χ0n) is 11.2. The van der Waals surface area contributed by atoms with Crippen molar-refractivity contribution in [1.82, 2.24) is 0 Å². The molecule has 20 heavy (non-hydrogen) atoms. The van der Waals surface area contributed by atoms with Crippen LogP contribution in [0.3, 0.4) is 0 Å². The third-order valence-corrected chi connectivity index (χ3v) is 3.11. The molecule has 2 rings (SSSR count). The lowest BCUT2D eigenvalue weighted by molar-refractivity contribution is 0.448. The maximum atomic E-state index is 13.6. The fourth-order valence-electron chi connectivity index (χ4n) is 2.28. The molecule has 0 bridgehead atoms. The van der Waals surface area contributed by atoms with E-state index in [9.17, 15) is 13.2 Å². The summed E-state index contributed by atoms with van der Waals surface area (Å²) in [6.45, 7) is 1.76. The Morgan fingerprint density at radius 3 is 2.30 bits per heavy atom. The van der Waals surface area contributed by atoms with Crippen molar-refractivity contribution in [3.8, 4) is 0 Å². The molecule has 0 radical (unpaired) electrons. The summed E-state index contributed by atoms with van der Waals surface area (Å²) in [7, 11) is 0. The van der Waals surface area contributed by atoms with Gasteiger partial charge in [0.2, 0.25) is 0 Å². The molecule has 2 aromatic rings. The molecule has 2 N–H and O–H groups in total. The van der Waals surface area contributed by atoms with Crippen LogP contribution in [0.5, 0.6) is 0 Å². The van der Waals surface area contributed by atoms with Crippen molar-refractivity contribution in [2.75, 3.05) is 0 Å². The minimum absolute atomic E-state index is 0.246. The molecular weight excluding hydrogens is 263 g/mol. The summed E-state index contributed by atoms with van der Waals surface area (Å²) in [6.07, 6.45) is 0.650. The van der Waals surface area contributed by atoms with Gasteiger partial charge in [-0.2, -0.15) is 0 Å². The Bertz CT molecular complexity index is 608. The summed E-state index contributed by atoms with van der Waals surface area (Å²) < 4.78 is 39.6. The quantitative estimate of drug-likeness (QED) is 0.909. The number of hydrogen-bond donors (Lipinski definition) is 1. The van der Waals surface area contributed by atoms with Crippen LogP contribution in [0.15, 0.2) is 42.5 Å². The summed E-state index contributed by atoms with van der Waals surface area (Å²) in [5.74, 6) is -1.55. The van der Waals surface area contributed by atoms with E-state index in [1.165, 1.54) is 24.3 Å². The predicted molar refractivity (Wildman–Crippen MR) is 72.8 cm³/mol. The monoisotopic (exact) mass is 279 g/mol. The van der Waals surface area contributed by atoms with Crippen LogP contribution >= 0.6 is 0 Å². The second-order valence-corrected chi connectivity index (χ2v) is 5.37. The molecule has 0 aliphatic heterocycles. The molecule has 0 saturated carbocycles. The van der Waals surface area contributed by atoms with Gasteiger partial charge in [0.1, 0.15) is 17.5 Å². The molecule has 0 fully saturated rings. The van der Waals surface area contributed by atoms with Gasteiger partial charge in [-0.25, -0.2) is 13.2 Å². The van der Waals surface area contributed by atoms with Gasteiger partial charge in [0.15, 0.2) is 0 Å². The molecule has 1 nitrogen and oxygen atoms in total. The standard InChI is InChI=1S/C16H16F3N/c1-16(20,9-11-3-2-4-13(17)7-11)10-12-5-6-14(18)8-15(12)19/h2-8H,9-10,20H2,1H3. The molecule has 2 aromatic carbocycles.